The summed E-state index contributed by atoms with van der Waals surface area (Å²) in [4.78, 5) is 41.6. The fraction of sp³-hybridized carbons (Fsp3) is 0.517. The average molecular weight is 584 g/mol. The van der Waals surface area contributed by atoms with E-state index in [0.29, 0.717) is 6.42 Å². The van der Waals surface area contributed by atoms with Crippen molar-refractivity contribution >= 4 is 33.6 Å². The lowest BCUT2D eigenvalue weighted by molar-refractivity contribution is -0.143. The Balaban J connectivity index is 1.02. The van der Waals surface area contributed by atoms with Gasteiger partial charge in [0.2, 0.25) is 21.8 Å². The average Bonchev–Trinajstić information content (AvgIpc) is 3.40. The molecule has 5 rings (SSSR count). The SMILES string of the molecule is O=C(CCCCc1ccc2c(n1)NCCC2)NC[C@H](NC(=O)C1CN(S(=O)(=O)c2ccc3c(c2)CCC3)C1)C(=O)O. The Kier molecular flexibility index (Phi) is 8.88. The zero-order valence-electron chi connectivity index (χ0n) is 23.0. The second-order valence-electron chi connectivity index (χ2n) is 11.1. The molecular formula is C29H37N5O6S. The monoisotopic (exact) mass is 583 g/mol. The first-order valence-corrected chi connectivity index (χ1v) is 15.8. The number of nitrogens with one attached hydrogen (secondary N) is 3. The summed E-state index contributed by atoms with van der Waals surface area (Å²) in [5.74, 6) is -1.81. The molecule has 41 heavy (non-hydrogen) atoms. The number of fused-ring (bicyclic) bond motifs is 2. The maximum absolute atomic E-state index is 13.0. The van der Waals surface area contributed by atoms with Gasteiger partial charge in [-0.3, -0.25) is 9.59 Å². The van der Waals surface area contributed by atoms with Gasteiger partial charge in [0.15, 0.2) is 0 Å². The van der Waals surface area contributed by atoms with Gasteiger partial charge in [-0.15, -0.1) is 0 Å². The molecule has 3 aliphatic rings. The maximum atomic E-state index is 13.0. The second kappa shape index (κ2) is 12.6. The highest BCUT2D eigenvalue weighted by Crippen LogP contribution is 2.29. The van der Waals surface area contributed by atoms with E-state index in [-0.39, 0.29) is 36.9 Å². The van der Waals surface area contributed by atoms with Crippen molar-refractivity contribution in [3.63, 3.8) is 0 Å². The van der Waals surface area contributed by atoms with Gasteiger partial charge < -0.3 is 21.1 Å². The fourth-order valence-electron chi connectivity index (χ4n) is 5.55. The van der Waals surface area contributed by atoms with Gasteiger partial charge in [0, 0.05) is 38.3 Å². The molecule has 220 valence electrons. The van der Waals surface area contributed by atoms with Crippen LogP contribution in [0.1, 0.15) is 54.5 Å². The number of aliphatic carboxylic acids is 1. The summed E-state index contributed by atoms with van der Waals surface area (Å²) in [6.07, 6.45) is 7.35. The zero-order valence-corrected chi connectivity index (χ0v) is 23.8. The number of pyridine rings is 1. The van der Waals surface area contributed by atoms with Crippen LogP contribution in [0.2, 0.25) is 0 Å². The maximum Gasteiger partial charge on any atom is 0.328 e. The minimum Gasteiger partial charge on any atom is -0.480 e. The van der Waals surface area contributed by atoms with Crippen LogP contribution in [0.3, 0.4) is 0 Å². The topological polar surface area (TPSA) is 158 Å². The van der Waals surface area contributed by atoms with Gasteiger partial charge in [-0.05, 0) is 86.3 Å². The summed E-state index contributed by atoms with van der Waals surface area (Å²) >= 11 is 0. The molecule has 3 heterocycles. The Morgan fingerprint density at radius 1 is 1.02 bits per heavy atom. The molecule has 0 radical (unpaired) electrons. The molecule has 0 unspecified atom stereocenters. The number of carbonyl (C=O) groups excluding carboxylic acids is 2. The predicted octanol–water partition coefficient (Wildman–Crippen LogP) is 1.65. The molecule has 1 atom stereocenters. The lowest BCUT2D eigenvalue weighted by Crippen LogP contribution is -2.58. The smallest absolute Gasteiger partial charge is 0.328 e. The number of carbonyl (C=O) groups is 3. The third-order valence-electron chi connectivity index (χ3n) is 8.08. The van der Waals surface area contributed by atoms with Crippen LogP contribution in [0.5, 0.6) is 0 Å². The molecule has 2 aromatic rings. The van der Waals surface area contributed by atoms with Crippen LogP contribution < -0.4 is 16.0 Å². The third-order valence-corrected chi connectivity index (χ3v) is 9.91. The Morgan fingerprint density at radius 2 is 1.78 bits per heavy atom. The number of rotatable bonds is 12. The number of benzene rings is 1. The molecular weight excluding hydrogens is 546 g/mol. The Hall–Kier alpha value is -3.51. The molecule has 0 spiro atoms. The van der Waals surface area contributed by atoms with Crippen molar-refractivity contribution in [3.8, 4) is 0 Å². The van der Waals surface area contributed by atoms with Gasteiger partial charge in [0.25, 0.3) is 0 Å². The fourth-order valence-corrected chi connectivity index (χ4v) is 7.13. The lowest BCUT2D eigenvalue weighted by atomic mass is 10.0. The van der Waals surface area contributed by atoms with Crippen molar-refractivity contribution in [3.05, 3.63) is 52.7 Å². The van der Waals surface area contributed by atoms with E-state index in [4.69, 9.17) is 0 Å². The molecule has 1 saturated heterocycles. The number of sulfonamides is 1. The minimum atomic E-state index is -3.72. The molecule has 4 N–H and O–H groups in total. The number of unbranched alkanes of at least 4 members (excludes halogenated alkanes) is 1. The molecule has 12 heteroatoms. The quantitative estimate of drug-likeness (QED) is 0.275. The molecule has 1 fully saturated rings. The van der Waals surface area contributed by atoms with Crippen LogP contribution >= 0.6 is 0 Å². The molecule has 11 nitrogen and oxygen atoms in total. The highest BCUT2D eigenvalue weighted by atomic mass is 32.2. The first-order valence-electron chi connectivity index (χ1n) is 14.4. The number of hydrogen-bond acceptors (Lipinski definition) is 7. The molecule has 0 saturated carbocycles. The minimum absolute atomic E-state index is 0.0148. The normalized spacial score (nSPS) is 17.5. The van der Waals surface area contributed by atoms with Gasteiger partial charge in [0.05, 0.1) is 10.8 Å². The van der Waals surface area contributed by atoms with Gasteiger partial charge in [-0.25, -0.2) is 18.2 Å². The van der Waals surface area contributed by atoms with Crippen molar-refractivity contribution in [2.75, 3.05) is 31.5 Å². The summed E-state index contributed by atoms with van der Waals surface area (Å²) in [7, 11) is -3.72. The first-order chi connectivity index (χ1) is 19.7. The Bertz CT molecular complexity index is 1420. The van der Waals surface area contributed by atoms with E-state index in [2.05, 4.69) is 27.0 Å². The number of aromatic nitrogens is 1. The van der Waals surface area contributed by atoms with Crippen LogP contribution in [0, 0.1) is 5.92 Å². The number of nitrogens with zero attached hydrogens (tertiary/aromatic N) is 2. The number of aryl methyl sites for hydroxylation is 4. The summed E-state index contributed by atoms with van der Waals surface area (Å²) in [6, 6.07) is 8.01. The number of carboxylic acids is 1. The van der Waals surface area contributed by atoms with E-state index >= 15 is 0 Å². The van der Waals surface area contributed by atoms with Gasteiger partial charge in [0.1, 0.15) is 11.9 Å². The molecule has 1 aliphatic carbocycles. The summed E-state index contributed by atoms with van der Waals surface area (Å²) in [5, 5.41) is 17.9. The third kappa shape index (κ3) is 6.87. The zero-order chi connectivity index (χ0) is 29.0. The van der Waals surface area contributed by atoms with Crippen molar-refractivity contribution in [2.45, 2.75) is 68.7 Å². The Labute approximate surface area is 240 Å². The number of carboxylic acid groups (broad SMARTS) is 1. The number of anilines is 1. The lowest BCUT2D eigenvalue weighted by Gasteiger charge is -2.37. The predicted molar refractivity (Wildman–Crippen MR) is 152 cm³/mol. The van der Waals surface area contributed by atoms with Crippen LogP contribution in [0.15, 0.2) is 35.2 Å². The summed E-state index contributed by atoms with van der Waals surface area (Å²) < 4.78 is 27.2. The van der Waals surface area contributed by atoms with Crippen molar-refractivity contribution < 1.29 is 27.9 Å². The highest BCUT2D eigenvalue weighted by Gasteiger charge is 2.41. The molecule has 0 bridgehead atoms. The van der Waals surface area contributed by atoms with Gasteiger partial charge in [-0.1, -0.05) is 12.1 Å². The number of amides is 2. The van der Waals surface area contributed by atoms with E-state index in [1.54, 1.807) is 12.1 Å². The molecule has 2 aliphatic heterocycles. The molecule has 1 aromatic heterocycles. The largest absolute Gasteiger partial charge is 0.480 e. The van der Waals surface area contributed by atoms with Crippen LogP contribution in [-0.4, -0.2) is 72.8 Å². The van der Waals surface area contributed by atoms with Gasteiger partial charge in [-0.2, -0.15) is 4.31 Å². The van der Waals surface area contributed by atoms with Crippen molar-refractivity contribution in [1.29, 1.82) is 0 Å². The first kappa shape index (κ1) is 29.0. The van der Waals surface area contributed by atoms with Crippen LogP contribution in [0.25, 0.3) is 0 Å². The summed E-state index contributed by atoms with van der Waals surface area (Å²) in [6.45, 7) is 0.651. The molecule has 2 amide bonds. The van der Waals surface area contributed by atoms with Crippen molar-refractivity contribution in [1.82, 2.24) is 19.9 Å². The van der Waals surface area contributed by atoms with E-state index < -0.39 is 33.9 Å². The standard InChI is InChI=1S/C29H37N5O6S/c35-26(9-2-1-8-23-12-10-20-7-4-14-30-27(20)32-23)31-16-25(29(37)38)33-28(36)22-17-34(18-22)41(39,40)24-13-11-19-5-3-6-21(19)15-24/h10-13,15,22,25H,1-9,14,16-18H2,(H,30,32)(H,31,35)(H,33,36)(H,37,38)/t25-/m0/s1. The number of hydrogen-bond donors (Lipinski definition) is 4. The van der Waals surface area contributed by atoms with E-state index in [1.165, 1.54) is 15.4 Å². The van der Waals surface area contributed by atoms with Crippen LogP contribution in [0.4, 0.5) is 5.82 Å². The van der Waals surface area contributed by atoms with E-state index in [1.807, 2.05) is 12.1 Å². The molecule has 1 aromatic carbocycles. The summed E-state index contributed by atoms with van der Waals surface area (Å²) in [5.41, 5.74) is 4.43. The van der Waals surface area contributed by atoms with Crippen LogP contribution in [-0.2, 0) is 50.1 Å². The highest BCUT2D eigenvalue weighted by molar-refractivity contribution is 7.89. The van der Waals surface area contributed by atoms with E-state index in [0.717, 1.165) is 68.6 Å². The second-order valence-corrected chi connectivity index (χ2v) is 13.0. The van der Waals surface area contributed by atoms with Gasteiger partial charge >= 0.3 is 5.97 Å². The Morgan fingerprint density at radius 3 is 2.59 bits per heavy atom. The van der Waals surface area contributed by atoms with Crippen molar-refractivity contribution in [2.24, 2.45) is 5.92 Å². The van der Waals surface area contributed by atoms with E-state index in [9.17, 15) is 27.9 Å².